The van der Waals surface area contributed by atoms with Gasteiger partial charge < -0.3 is 14.3 Å². The van der Waals surface area contributed by atoms with Crippen LogP contribution in [0.2, 0.25) is 5.02 Å². The first-order valence-electron chi connectivity index (χ1n) is 11.3. The normalized spacial score (nSPS) is 19.7. The number of benzene rings is 2. The second-order valence-corrected chi connectivity index (χ2v) is 7.45. The average molecular weight is 428 g/mol. The number of ether oxygens (including phenoxy) is 1. The lowest BCUT2D eigenvalue weighted by atomic mass is 10.1. The quantitative estimate of drug-likeness (QED) is 0.523. The molecule has 0 saturated carbocycles. The van der Waals surface area contributed by atoms with Crippen LogP contribution in [0.3, 0.4) is 0 Å². The van der Waals surface area contributed by atoms with Gasteiger partial charge in [-0.2, -0.15) is 0 Å². The van der Waals surface area contributed by atoms with E-state index in [-0.39, 0.29) is 35.2 Å². The van der Waals surface area contributed by atoms with E-state index >= 15 is 0 Å². The highest BCUT2D eigenvalue weighted by Gasteiger charge is 2.20. The fraction of sp³-hybridized carbons (Fsp3) is 0.174. The van der Waals surface area contributed by atoms with Crippen LogP contribution < -0.4 is 10.3 Å². The minimum atomic E-state index is -2.73. The molecule has 1 N–H and O–H groups in total. The molecule has 4 aromatic rings. The summed E-state index contributed by atoms with van der Waals surface area (Å²) in [5.74, 6) is -0.298. The Hall–Kier alpha value is -3.09. The predicted molar refractivity (Wildman–Crippen MR) is 115 cm³/mol. The fourth-order valence-corrected chi connectivity index (χ4v) is 3.90. The molecule has 1 aliphatic heterocycles. The number of rotatable bonds is 3. The Bertz CT molecular complexity index is 1470. The maximum absolute atomic E-state index is 13.6. The van der Waals surface area contributed by atoms with Crippen LogP contribution in [-0.4, -0.2) is 27.5 Å². The summed E-state index contributed by atoms with van der Waals surface area (Å²) >= 11 is 6.51. The summed E-state index contributed by atoms with van der Waals surface area (Å²) in [5.41, 5.74) is 2.04. The number of hydrogen-bond donors (Lipinski definition) is 1. The molecule has 5 rings (SSSR count). The van der Waals surface area contributed by atoms with Gasteiger partial charge in [0.2, 0.25) is 5.56 Å². The first-order valence-corrected chi connectivity index (χ1v) is 9.64. The van der Waals surface area contributed by atoms with E-state index in [1.54, 1.807) is 36.5 Å². The number of halogens is 2. The van der Waals surface area contributed by atoms with Gasteiger partial charge in [-0.3, -0.25) is 9.69 Å². The fourth-order valence-electron chi connectivity index (χ4n) is 3.63. The lowest BCUT2D eigenvalue weighted by Crippen LogP contribution is -2.25. The van der Waals surface area contributed by atoms with E-state index in [4.69, 9.17) is 21.8 Å². The van der Waals surface area contributed by atoms with Crippen LogP contribution in [0.25, 0.3) is 16.6 Å². The van der Waals surface area contributed by atoms with Crippen molar-refractivity contribution >= 4 is 22.5 Å². The molecule has 0 atom stereocenters. The van der Waals surface area contributed by atoms with Crippen LogP contribution in [0.4, 0.5) is 4.39 Å². The molecule has 152 valence electrons. The third-order valence-corrected chi connectivity index (χ3v) is 5.25. The maximum atomic E-state index is 13.6. The monoisotopic (exact) mass is 427 g/mol. The molecule has 2 aromatic heterocycles. The highest BCUT2D eigenvalue weighted by molar-refractivity contribution is 6.32. The van der Waals surface area contributed by atoms with Gasteiger partial charge >= 0.3 is 0 Å². The molecule has 0 fully saturated rings. The first-order chi connectivity index (χ1) is 16.0. The van der Waals surface area contributed by atoms with Crippen molar-refractivity contribution in [2.45, 2.75) is 13.1 Å². The topological polar surface area (TPSA) is 50.3 Å². The van der Waals surface area contributed by atoms with Gasteiger partial charge in [0.25, 0.3) is 0 Å². The molecule has 5 nitrogen and oxygen atoms in total. The number of fused-ring (bicyclic) bond motifs is 2. The molecule has 1 aliphatic rings. The Balaban J connectivity index is 1.62. The van der Waals surface area contributed by atoms with Crippen LogP contribution in [-0.2, 0) is 13.1 Å². The summed E-state index contributed by atoms with van der Waals surface area (Å²) in [6, 6.07) is 12.5. The van der Waals surface area contributed by atoms with Crippen molar-refractivity contribution in [3.63, 3.8) is 0 Å². The molecule has 2 aromatic carbocycles. The minimum absolute atomic E-state index is 0.0317. The summed E-state index contributed by atoms with van der Waals surface area (Å²) in [4.78, 5) is 15.5. The lowest BCUT2D eigenvalue weighted by molar-refractivity contribution is 0.219. The molecular weight excluding hydrogens is 405 g/mol. The molecule has 7 heteroatoms. The molecule has 3 heterocycles. The van der Waals surface area contributed by atoms with E-state index in [0.717, 1.165) is 5.52 Å². The molecule has 0 unspecified atom stereocenters. The van der Waals surface area contributed by atoms with E-state index in [1.165, 1.54) is 29.3 Å². The van der Waals surface area contributed by atoms with Crippen molar-refractivity contribution < 1.29 is 14.6 Å². The van der Waals surface area contributed by atoms with Crippen molar-refractivity contribution in [1.82, 2.24) is 14.5 Å². The summed E-state index contributed by atoms with van der Waals surface area (Å²) in [5, 5.41) is 0.819. The largest absolute Gasteiger partial charge is 0.490 e. The van der Waals surface area contributed by atoms with Gasteiger partial charge in [-0.25, -0.2) is 4.39 Å². The third kappa shape index (κ3) is 3.60. The zero-order valence-corrected chi connectivity index (χ0v) is 16.4. The standard InChI is InChI=1S/C23H19ClFN3O2/c24-20-12-19(28-6-4-16-10-18(25)1-2-21(16)28)11-17-14-27(7-8-30-23(17)20)13-15-3-5-26-22(29)9-15/h1-6,9-12H,7-8,13-14H2,(H,26,29)/i7D2,8D2. The molecule has 30 heavy (non-hydrogen) atoms. The van der Waals surface area contributed by atoms with Crippen molar-refractivity contribution in [3.05, 3.63) is 93.2 Å². The van der Waals surface area contributed by atoms with Crippen LogP contribution in [0, 0.1) is 5.82 Å². The maximum Gasteiger partial charge on any atom is 0.248 e. The van der Waals surface area contributed by atoms with Crippen LogP contribution in [0.5, 0.6) is 5.75 Å². The van der Waals surface area contributed by atoms with Crippen molar-refractivity contribution in [2.24, 2.45) is 0 Å². The van der Waals surface area contributed by atoms with E-state index < -0.39 is 13.1 Å². The molecule has 0 bridgehead atoms. The highest BCUT2D eigenvalue weighted by atomic mass is 35.5. The second-order valence-electron chi connectivity index (χ2n) is 7.04. The van der Waals surface area contributed by atoms with Crippen molar-refractivity contribution in [2.75, 3.05) is 13.1 Å². The molecule has 0 radical (unpaired) electrons. The van der Waals surface area contributed by atoms with Gasteiger partial charge in [-0.1, -0.05) is 11.6 Å². The van der Waals surface area contributed by atoms with Crippen LogP contribution in [0.1, 0.15) is 16.6 Å². The van der Waals surface area contributed by atoms with E-state index in [1.807, 2.05) is 4.57 Å². The van der Waals surface area contributed by atoms with Gasteiger partial charge in [0.15, 0.2) is 0 Å². The Morgan fingerprint density at radius 3 is 2.97 bits per heavy atom. The number of nitrogens with one attached hydrogen (secondary N) is 1. The third-order valence-electron chi connectivity index (χ3n) is 4.97. The van der Waals surface area contributed by atoms with Gasteiger partial charge in [-0.15, -0.1) is 0 Å². The Kier molecular flexibility index (Phi) is 3.77. The first kappa shape index (κ1) is 14.8. The minimum Gasteiger partial charge on any atom is -0.490 e. The summed E-state index contributed by atoms with van der Waals surface area (Å²) in [6.07, 6.45) is 3.23. The van der Waals surface area contributed by atoms with E-state index in [0.29, 0.717) is 22.2 Å². The van der Waals surface area contributed by atoms with Crippen LogP contribution in [0.15, 0.2) is 65.7 Å². The second kappa shape index (κ2) is 7.63. The molecule has 0 saturated heterocycles. The summed E-state index contributed by atoms with van der Waals surface area (Å²) in [7, 11) is 0. The zero-order chi connectivity index (χ0) is 24.3. The number of aromatic amines is 1. The smallest absolute Gasteiger partial charge is 0.248 e. The van der Waals surface area contributed by atoms with Crippen LogP contribution >= 0.6 is 11.6 Å². The predicted octanol–water partition coefficient (Wildman–Crippen LogP) is 4.51. The summed E-state index contributed by atoms with van der Waals surface area (Å²) in [6.45, 7) is -5.35. The van der Waals surface area contributed by atoms with Gasteiger partial charge in [-0.05, 0) is 48.0 Å². The highest BCUT2D eigenvalue weighted by Crippen LogP contribution is 2.35. The molecular formula is C23H19ClFN3O2. The number of pyridine rings is 1. The van der Waals surface area contributed by atoms with E-state index in [9.17, 15) is 9.18 Å². The number of hydrogen-bond acceptors (Lipinski definition) is 3. The molecule has 0 aliphatic carbocycles. The zero-order valence-electron chi connectivity index (χ0n) is 19.7. The average Bonchev–Trinajstić information content (AvgIpc) is 3.15. The lowest BCUT2D eigenvalue weighted by Gasteiger charge is -2.19. The number of H-pyrrole nitrogens is 1. The summed E-state index contributed by atoms with van der Waals surface area (Å²) < 4.78 is 54.6. The van der Waals surface area contributed by atoms with E-state index in [2.05, 4.69) is 4.98 Å². The SMILES string of the molecule is [2H]C1([2H])Oc2c(Cl)cc(-n3ccc4cc(F)ccc43)cc2CN(Cc2cc[nH]c(=O)c2)C1([2H])[2H]. The molecule has 0 amide bonds. The van der Waals surface area contributed by atoms with Crippen molar-refractivity contribution in [3.8, 4) is 11.4 Å². The van der Waals surface area contributed by atoms with Gasteiger partial charge in [0.05, 0.1) is 13.3 Å². The van der Waals surface area contributed by atoms with Gasteiger partial charge in [0, 0.05) is 57.4 Å². The Labute approximate surface area is 182 Å². The Morgan fingerprint density at radius 1 is 1.20 bits per heavy atom. The van der Waals surface area contributed by atoms with Gasteiger partial charge in [0.1, 0.15) is 18.1 Å². The Morgan fingerprint density at radius 2 is 2.10 bits per heavy atom. The molecule has 0 spiro atoms. The number of aromatic nitrogens is 2. The number of nitrogens with zero attached hydrogens (tertiary/aromatic N) is 2. The van der Waals surface area contributed by atoms with Crippen molar-refractivity contribution in [1.29, 1.82) is 0 Å².